The molecule has 0 saturated carbocycles. The normalized spacial score (nSPS) is 13.4. The molecule has 0 radical (unpaired) electrons. The summed E-state index contributed by atoms with van der Waals surface area (Å²) in [5.41, 5.74) is 0.00840. The monoisotopic (exact) mass is 407 g/mol. The Balaban J connectivity index is 4.81. The van der Waals surface area contributed by atoms with E-state index in [1.807, 2.05) is 6.92 Å². The van der Waals surface area contributed by atoms with Crippen molar-refractivity contribution in [2.24, 2.45) is 0 Å². The number of halogens is 3. The van der Waals surface area contributed by atoms with Crippen LogP contribution in [0.1, 0.15) is 13.3 Å². The number of hydrogen-bond donors (Lipinski definition) is 2. The van der Waals surface area contributed by atoms with Gasteiger partial charge in [0.15, 0.2) is 7.90 Å². The van der Waals surface area contributed by atoms with Gasteiger partial charge in [0.1, 0.15) is 0 Å². The molecule has 0 fully saturated rings. The van der Waals surface area contributed by atoms with Crippen molar-refractivity contribution in [3.05, 3.63) is 18.5 Å². The predicted molar refractivity (Wildman–Crippen MR) is 67.7 cm³/mol. The molecule has 0 rings (SSSR count). The lowest BCUT2D eigenvalue weighted by molar-refractivity contribution is -0.540. The lowest BCUT2D eigenvalue weighted by Gasteiger charge is -2.14. The van der Waals surface area contributed by atoms with Crippen LogP contribution < -0.4 is 5.32 Å². The van der Waals surface area contributed by atoms with Gasteiger partial charge in [-0.25, -0.2) is 4.79 Å². The predicted octanol–water partition coefficient (Wildman–Crippen LogP) is 1.90. The largest absolute Gasteiger partial charge is 0.504 e. The van der Waals surface area contributed by atoms with Gasteiger partial charge in [0.2, 0.25) is 5.70 Å². The van der Waals surface area contributed by atoms with E-state index in [9.17, 15) is 9.90 Å². The van der Waals surface area contributed by atoms with Crippen molar-refractivity contribution in [3.8, 4) is 0 Å². The molecule has 0 saturated heterocycles. The van der Waals surface area contributed by atoms with Crippen LogP contribution in [0, 0.1) is 7.05 Å². The zero-order valence-electron chi connectivity index (χ0n) is 8.10. The zero-order chi connectivity index (χ0) is 12.1. The van der Waals surface area contributed by atoms with E-state index in [-0.39, 0.29) is 11.5 Å². The second-order valence-corrected chi connectivity index (χ2v) is 9.36. The Labute approximate surface area is 114 Å². The van der Waals surface area contributed by atoms with Crippen molar-refractivity contribution in [1.82, 2.24) is 0 Å². The highest BCUT2D eigenvalue weighted by Crippen LogP contribution is 2.40. The number of quaternary nitrogens is 1. The summed E-state index contributed by atoms with van der Waals surface area (Å²) in [4.78, 5) is 11.4. The molecule has 0 heterocycles. The first-order chi connectivity index (χ1) is 6.84. The highest BCUT2D eigenvalue weighted by Gasteiger charge is 2.32. The van der Waals surface area contributed by atoms with E-state index in [0.29, 0.717) is 6.61 Å². The van der Waals surface area contributed by atoms with Crippen molar-refractivity contribution >= 4 is 53.8 Å². The van der Waals surface area contributed by atoms with Gasteiger partial charge in [-0.3, -0.25) is 0 Å². The maximum Gasteiger partial charge on any atom is 0.394 e. The number of ether oxygens (including phenoxy) is 1. The van der Waals surface area contributed by atoms with Crippen molar-refractivity contribution in [2.75, 3.05) is 6.61 Å². The zero-order valence-corrected chi connectivity index (χ0v) is 12.9. The molecule has 0 amide bonds. The van der Waals surface area contributed by atoms with E-state index in [1.54, 1.807) is 0 Å². The van der Waals surface area contributed by atoms with Crippen molar-refractivity contribution in [1.29, 1.82) is 0 Å². The molecule has 15 heavy (non-hydrogen) atoms. The third-order valence-corrected chi connectivity index (χ3v) is 2.51. The van der Waals surface area contributed by atoms with Crippen LogP contribution in [0.25, 0.3) is 0 Å². The van der Waals surface area contributed by atoms with Gasteiger partial charge >= 0.3 is 5.97 Å². The Hall–Kier alpha value is 0.410. The molecule has 0 spiro atoms. The van der Waals surface area contributed by atoms with Gasteiger partial charge in [0, 0.05) is 0 Å². The van der Waals surface area contributed by atoms with Crippen LogP contribution in [0.5, 0.6) is 0 Å². The molecule has 7 heteroatoms. The fraction of sp³-hybridized carbons (Fsp3) is 0.500. The van der Waals surface area contributed by atoms with Gasteiger partial charge in [-0.2, -0.15) is 0 Å². The molecule has 0 aromatic heterocycles. The highest BCUT2D eigenvalue weighted by atomic mass is 80.0. The molecule has 0 aromatic rings. The molecule has 4 nitrogen and oxygen atoms in total. The van der Waals surface area contributed by atoms with E-state index in [0.717, 1.165) is 6.42 Å². The number of alkyl halides is 3. The molecule has 0 aromatic carbocycles. The molecule has 0 aliphatic rings. The summed E-state index contributed by atoms with van der Waals surface area (Å²) in [5.74, 6) is -0.842. The lowest BCUT2D eigenvalue weighted by atomic mass is 10.4. The third-order valence-electron chi connectivity index (χ3n) is 1.38. The molecule has 3 N–H and O–H groups in total. The molecular weight excluding hydrogens is 398 g/mol. The van der Waals surface area contributed by atoms with Crippen LogP contribution >= 0.6 is 47.8 Å². The number of nitrogens with two attached hydrogens (primary N) is 1. The quantitative estimate of drug-likeness (QED) is 0.245. The van der Waals surface area contributed by atoms with Crippen LogP contribution in [-0.4, -0.2) is 19.8 Å². The second-order valence-electron chi connectivity index (χ2n) is 2.60. The Morgan fingerprint density at radius 2 is 2.07 bits per heavy atom. The number of hydrogen-bond acceptors (Lipinski definition) is 3. The minimum absolute atomic E-state index is 0.00840. The Morgan fingerprint density at radius 3 is 2.40 bits per heavy atom. The summed E-state index contributed by atoms with van der Waals surface area (Å²) < 4.78 is 3.83. The van der Waals surface area contributed by atoms with E-state index >= 15 is 0 Å². The first-order valence-electron chi connectivity index (χ1n) is 4.14. The average molecular weight is 410 g/mol. The molecule has 0 unspecified atom stereocenters. The van der Waals surface area contributed by atoms with Gasteiger partial charge in [-0.05, 0) is 6.42 Å². The Bertz CT molecular complexity index is 260. The minimum Gasteiger partial charge on any atom is -0.504 e. The number of aliphatic hydroxyl groups is 1. The fourth-order valence-corrected chi connectivity index (χ4v) is 1.34. The van der Waals surface area contributed by atoms with Crippen molar-refractivity contribution < 1.29 is 20.0 Å². The summed E-state index contributed by atoms with van der Waals surface area (Å²) >= 11 is 9.28. The first-order valence-corrected chi connectivity index (χ1v) is 6.52. The number of carbonyl (C=O) groups excluding carboxylic acids is 1. The molecular formula is C8H12Br3NO3. The minimum atomic E-state index is -1.04. The second kappa shape index (κ2) is 6.88. The Morgan fingerprint density at radius 1 is 1.53 bits per heavy atom. The van der Waals surface area contributed by atoms with E-state index in [1.165, 1.54) is 5.32 Å². The van der Waals surface area contributed by atoms with Crippen LogP contribution in [0.3, 0.4) is 0 Å². The lowest BCUT2D eigenvalue weighted by Crippen LogP contribution is -2.77. The average Bonchev–Trinajstić information content (AvgIpc) is 2.14. The summed E-state index contributed by atoms with van der Waals surface area (Å²) in [6.07, 6.45) is 0.721. The summed E-state index contributed by atoms with van der Waals surface area (Å²) in [6.45, 7) is 2.19. The molecule has 0 aliphatic carbocycles. The third kappa shape index (κ3) is 5.33. The van der Waals surface area contributed by atoms with Crippen LogP contribution in [0.15, 0.2) is 11.5 Å². The maximum absolute atomic E-state index is 11.4. The van der Waals surface area contributed by atoms with Crippen molar-refractivity contribution in [2.45, 2.75) is 15.5 Å². The fourth-order valence-electron chi connectivity index (χ4n) is 0.702. The topological polar surface area (TPSA) is 63.1 Å². The van der Waals surface area contributed by atoms with Crippen LogP contribution in [0.2, 0.25) is 0 Å². The van der Waals surface area contributed by atoms with Gasteiger partial charge in [-0.15, -0.1) is 7.05 Å². The van der Waals surface area contributed by atoms with Gasteiger partial charge in [-0.1, -0.05) is 54.7 Å². The van der Waals surface area contributed by atoms with Gasteiger partial charge < -0.3 is 15.2 Å². The first kappa shape index (κ1) is 15.4. The van der Waals surface area contributed by atoms with Crippen LogP contribution in [-0.2, 0) is 9.53 Å². The molecule has 0 bridgehead atoms. The van der Waals surface area contributed by atoms with Crippen molar-refractivity contribution in [3.63, 3.8) is 0 Å². The molecule has 0 aliphatic heterocycles. The van der Waals surface area contributed by atoms with Gasteiger partial charge in [0.25, 0.3) is 0 Å². The summed E-state index contributed by atoms with van der Waals surface area (Å²) in [5, 5.41) is 10.9. The molecule has 0 atom stereocenters. The smallest absolute Gasteiger partial charge is 0.394 e. The Kier molecular flexibility index (Phi) is 7.07. The van der Waals surface area contributed by atoms with E-state index in [4.69, 9.17) is 4.74 Å². The SMILES string of the molecule is [CH2-][NH2+]/C(C(=O)OCCC)=C(/O)C(Br)(Br)Br. The molecule has 88 valence electrons. The van der Waals surface area contributed by atoms with E-state index < -0.39 is 8.11 Å². The van der Waals surface area contributed by atoms with Crippen LogP contribution in [0.4, 0.5) is 0 Å². The number of allylic oxidation sites excluding steroid dienone is 1. The highest BCUT2D eigenvalue weighted by molar-refractivity contribution is 9.39. The summed E-state index contributed by atoms with van der Waals surface area (Å²) in [7, 11) is 3.44. The number of esters is 1. The standard InChI is InChI=1S/C8H12Br3NO3/c1-3-4-15-7(14)5(12-2)6(13)8(9,10)11/h13H,2-4,12H2,1H3/b6-5+. The number of carbonyl (C=O) groups is 1. The number of rotatable bonds is 4. The van der Waals surface area contributed by atoms with Gasteiger partial charge in [0.05, 0.1) is 6.61 Å². The number of aliphatic hydroxyl groups excluding tert-OH is 1. The summed E-state index contributed by atoms with van der Waals surface area (Å²) in [6, 6.07) is 0. The van der Waals surface area contributed by atoms with E-state index in [2.05, 4.69) is 54.8 Å². The maximum atomic E-state index is 11.4.